The second kappa shape index (κ2) is 15.6. The SMILES string of the molecule is C=C(C)C(=O)Oc1ccc(C(C)(OC)C(=O)c2ccc(-c3ccc(-c4ccc(OC(=O)C(=C)C)c(OC(=O)C(=C)C)c4)c(CC)c3)cc2)cc1. The van der Waals surface area contributed by atoms with Crippen LogP contribution in [0.3, 0.4) is 0 Å². The number of carbonyl (C=O) groups excluding carboxylic acids is 4. The molecule has 0 spiro atoms. The molecule has 0 fully saturated rings. The van der Waals surface area contributed by atoms with E-state index in [1.807, 2.05) is 31.2 Å². The molecule has 0 heterocycles. The molecule has 0 aliphatic heterocycles. The molecule has 50 heavy (non-hydrogen) atoms. The van der Waals surface area contributed by atoms with Gasteiger partial charge in [-0.1, -0.05) is 87.3 Å². The minimum atomic E-state index is -1.29. The van der Waals surface area contributed by atoms with Gasteiger partial charge < -0.3 is 18.9 Å². The number of Topliss-reactive ketones (excluding diaryl/α,β-unsaturated/α-hetero) is 1. The molecule has 0 radical (unpaired) electrons. The van der Waals surface area contributed by atoms with Gasteiger partial charge >= 0.3 is 17.9 Å². The van der Waals surface area contributed by atoms with Crippen molar-refractivity contribution in [3.8, 4) is 39.5 Å². The minimum absolute atomic E-state index is 0.0849. The zero-order chi connectivity index (χ0) is 36.7. The fourth-order valence-electron chi connectivity index (χ4n) is 5.03. The standard InChI is InChI=1S/C42H40O8/c1-10-28-23-31(15-21-35(28)32-16-22-36(49-40(45)26(4)5)37(24-32)50-41(46)27(6)7)29-11-13-30(14-12-29)38(43)42(8,47-9)33-17-19-34(20-18-33)48-39(44)25(2)3/h11-24H,2,4,6,10H2,1,3,5,7-9H3. The summed E-state index contributed by atoms with van der Waals surface area (Å²) in [5.74, 6) is -1.54. The maximum atomic E-state index is 13.8. The van der Waals surface area contributed by atoms with Crippen LogP contribution in [0.15, 0.2) is 121 Å². The molecule has 0 bridgehead atoms. The highest BCUT2D eigenvalue weighted by atomic mass is 16.6. The topological polar surface area (TPSA) is 105 Å². The molecule has 256 valence electrons. The number of benzene rings is 4. The molecule has 0 saturated heterocycles. The third-order valence-electron chi connectivity index (χ3n) is 8.13. The number of ketones is 1. The lowest BCUT2D eigenvalue weighted by Crippen LogP contribution is -2.34. The maximum absolute atomic E-state index is 13.8. The molecule has 8 nitrogen and oxygen atoms in total. The van der Waals surface area contributed by atoms with E-state index >= 15 is 0 Å². The predicted molar refractivity (Wildman–Crippen MR) is 193 cm³/mol. The molecule has 8 heteroatoms. The average Bonchev–Trinajstić information content (AvgIpc) is 3.11. The van der Waals surface area contributed by atoms with E-state index in [-0.39, 0.29) is 34.0 Å². The molecule has 0 N–H and O–H groups in total. The zero-order valence-electron chi connectivity index (χ0n) is 29.2. The second-order valence-corrected chi connectivity index (χ2v) is 12.1. The van der Waals surface area contributed by atoms with Crippen molar-refractivity contribution < 1.29 is 38.1 Å². The zero-order valence-corrected chi connectivity index (χ0v) is 29.2. The van der Waals surface area contributed by atoms with Crippen molar-refractivity contribution in [1.29, 1.82) is 0 Å². The van der Waals surface area contributed by atoms with Crippen LogP contribution in [0.4, 0.5) is 0 Å². The van der Waals surface area contributed by atoms with Crippen molar-refractivity contribution in [2.45, 2.75) is 46.6 Å². The number of methoxy groups -OCH3 is 1. The summed E-state index contributed by atoms with van der Waals surface area (Å²) in [7, 11) is 1.48. The first-order valence-electron chi connectivity index (χ1n) is 15.9. The first-order chi connectivity index (χ1) is 23.7. The number of rotatable bonds is 13. The van der Waals surface area contributed by atoms with E-state index in [9.17, 15) is 19.2 Å². The summed E-state index contributed by atoms with van der Waals surface area (Å²) in [6, 6.07) is 25.0. The largest absolute Gasteiger partial charge is 0.423 e. The van der Waals surface area contributed by atoms with Crippen molar-refractivity contribution >= 4 is 23.7 Å². The van der Waals surface area contributed by atoms with Crippen LogP contribution < -0.4 is 14.2 Å². The Morgan fingerprint density at radius 3 is 1.68 bits per heavy atom. The predicted octanol–water partition coefficient (Wildman–Crippen LogP) is 8.77. The lowest BCUT2D eigenvalue weighted by molar-refractivity contribution is -0.132. The lowest BCUT2D eigenvalue weighted by Gasteiger charge is -2.27. The Morgan fingerprint density at radius 1 is 0.620 bits per heavy atom. The molecule has 0 aliphatic rings. The lowest BCUT2D eigenvalue weighted by atomic mass is 9.86. The van der Waals surface area contributed by atoms with Crippen molar-refractivity contribution in [2.75, 3.05) is 7.11 Å². The molecule has 0 aromatic heterocycles. The smallest absolute Gasteiger partial charge is 0.338 e. The quantitative estimate of drug-likeness (QED) is 0.0601. The third kappa shape index (κ3) is 8.22. The number of aryl methyl sites for hydroxylation is 1. The van der Waals surface area contributed by atoms with Crippen LogP contribution in [0.25, 0.3) is 22.3 Å². The number of esters is 3. The van der Waals surface area contributed by atoms with E-state index < -0.39 is 23.5 Å². The van der Waals surface area contributed by atoms with E-state index in [1.54, 1.807) is 68.4 Å². The van der Waals surface area contributed by atoms with Gasteiger partial charge in [-0.25, -0.2) is 14.4 Å². The van der Waals surface area contributed by atoms with Crippen LogP contribution in [0.5, 0.6) is 17.2 Å². The molecule has 4 aromatic carbocycles. The fourth-order valence-corrected chi connectivity index (χ4v) is 5.03. The normalized spacial score (nSPS) is 11.9. The molecule has 1 atom stereocenters. The Kier molecular flexibility index (Phi) is 11.5. The molecule has 4 aromatic rings. The molecule has 0 amide bonds. The monoisotopic (exact) mass is 672 g/mol. The van der Waals surface area contributed by atoms with Crippen LogP contribution >= 0.6 is 0 Å². The summed E-state index contributed by atoms with van der Waals surface area (Å²) in [4.78, 5) is 50.3. The number of hydrogen-bond acceptors (Lipinski definition) is 8. The first kappa shape index (κ1) is 37.0. The molecule has 0 aliphatic carbocycles. The van der Waals surface area contributed by atoms with E-state index in [2.05, 4.69) is 25.8 Å². The van der Waals surface area contributed by atoms with Crippen molar-refractivity contribution in [3.63, 3.8) is 0 Å². The highest BCUT2D eigenvalue weighted by Crippen LogP contribution is 2.37. The van der Waals surface area contributed by atoms with Gasteiger partial charge in [-0.05, 0) is 91.8 Å². The molecule has 0 saturated carbocycles. The van der Waals surface area contributed by atoms with Gasteiger partial charge in [0, 0.05) is 29.4 Å². The Balaban J connectivity index is 1.61. The van der Waals surface area contributed by atoms with Gasteiger partial charge in [0.05, 0.1) is 0 Å². The summed E-state index contributed by atoms with van der Waals surface area (Å²) in [6.07, 6.45) is 0.699. The van der Waals surface area contributed by atoms with Gasteiger partial charge in [0.2, 0.25) is 0 Å². The Labute approximate surface area is 292 Å². The van der Waals surface area contributed by atoms with Crippen molar-refractivity contribution in [2.24, 2.45) is 0 Å². The average molecular weight is 673 g/mol. The maximum Gasteiger partial charge on any atom is 0.338 e. The Morgan fingerprint density at radius 2 is 1.14 bits per heavy atom. The third-order valence-corrected chi connectivity index (χ3v) is 8.13. The van der Waals surface area contributed by atoms with Crippen LogP contribution in [0.2, 0.25) is 0 Å². The number of carbonyl (C=O) groups is 4. The first-order valence-corrected chi connectivity index (χ1v) is 15.9. The van der Waals surface area contributed by atoms with Crippen molar-refractivity contribution in [3.05, 3.63) is 138 Å². The minimum Gasteiger partial charge on any atom is -0.423 e. The summed E-state index contributed by atoms with van der Waals surface area (Å²) >= 11 is 0. The highest BCUT2D eigenvalue weighted by molar-refractivity contribution is 6.03. The fraction of sp³-hybridized carbons (Fsp3) is 0.190. The molecule has 1 unspecified atom stereocenters. The van der Waals surface area contributed by atoms with Gasteiger partial charge in [-0.3, -0.25) is 4.79 Å². The van der Waals surface area contributed by atoms with Gasteiger partial charge in [-0.2, -0.15) is 0 Å². The van der Waals surface area contributed by atoms with E-state index in [0.717, 1.165) is 27.8 Å². The highest BCUT2D eigenvalue weighted by Gasteiger charge is 2.36. The van der Waals surface area contributed by atoms with Gasteiger partial charge in [0.25, 0.3) is 0 Å². The second-order valence-electron chi connectivity index (χ2n) is 12.1. The van der Waals surface area contributed by atoms with Crippen LogP contribution in [-0.4, -0.2) is 30.8 Å². The Hall–Kier alpha value is -5.86. The van der Waals surface area contributed by atoms with E-state index in [0.29, 0.717) is 23.3 Å². The van der Waals surface area contributed by atoms with Crippen molar-refractivity contribution in [1.82, 2.24) is 0 Å². The van der Waals surface area contributed by atoms with Crippen LogP contribution in [-0.2, 0) is 31.1 Å². The molecular weight excluding hydrogens is 632 g/mol. The van der Waals surface area contributed by atoms with Crippen LogP contribution in [0.1, 0.15) is 56.1 Å². The number of hydrogen-bond donors (Lipinski definition) is 0. The number of ether oxygens (including phenoxy) is 4. The summed E-state index contributed by atoms with van der Waals surface area (Å²) in [6.45, 7) is 19.2. The van der Waals surface area contributed by atoms with Gasteiger partial charge in [0.1, 0.15) is 5.75 Å². The van der Waals surface area contributed by atoms with Gasteiger partial charge in [-0.15, -0.1) is 0 Å². The van der Waals surface area contributed by atoms with Crippen LogP contribution in [0, 0.1) is 0 Å². The summed E-state index contributed by atoms with van der Waals surface area (Å²) in [5.41, 5.74) is 5.01. The van der Waals surface area contributed by atoms with E-state index in [1.165, 1.54) is 21.0 Å². The Bertz CT molecular complexity index is 2000. The van der Waals surface area contributed by atoms with Gasteiger partial charge in [0.15, 0.2) is 22.9 Å². The molecule has 4 rings (SSSR count). The summed E-state index contributed by atoms with van der Waals surface area (Å²) in [5, 5.41) is 0. The van der Waals surface area contributed by atoms with E-state index in [4.69, 9.17) is 18.9 Å². The molecular formula is C42H40O8. The summed E-state index contributed by atoms with van der Waals surface area (Å²) < 4.78 is 22.0.